The summed E-state index contributed by atoms with van der Waals surface area (Å²) in [5.41, 5.74) is 0.490. The molecule has 1 atom stereocenters. The first-order chi connectivity index (χ1) is 9.08. The van der Waals surface area contributed by atoms with Crippen molar-refractivity contribution in [2.24, 2.45) is 0 Å². The summed E-state index contributed by atoms with van der Waals surface area (Å²) in [5.74, 6) is 0. The molecule has 0 amide bonds. The van der Waals surface area contributed by atoms with Crippen molar-refractivity contribution in [1.29, 1.82) is 0 Å². The van der Waals surface area contributed by atoms with Gasteiger partial charge in [-0.3, -0.25) is 10.1 Å². The number of nitro groups is 1. The van der Waals surface area contributed by atoms with Gasteiger partial charge in [0.1, 0.15) is 0 Å². The van der Waals surface area contributed by atoms with E-state index in [-0.39, 0.29) is 21.8 Å². The zero-order chi connectivity index (χ0) is 13.8. The van der Waals surface area contributed by atoms with Crippen LogP contribution in [0.3, 0.4) is 0 Å². The Bertz CT molecular complexity index is 451. The zero-order valence-corrected chi connectivity index (χ0v) is 11.8. The van der Waals surface area contributed by atoms with E-state index in [1.807, 2.05) is 0 Å². The molecular formula is C12H15Cl2N3O2. The lowest BCUT2D eigenvalue weighted by molar-refractivity contribution is -0.384. The van der Waals surface area contributed by atoms with Gasteiger partial charge in [0.05, 0.1) is 20.7 Å². The minimum Gasteiger partial charge on any atom is -0.380 e. The number of non-ortho nitro benzene ring substituents is 1. The van der Waals surface area contributed by atoms with E-state index in [0.29, 0.717) is 5.69 Å². The van der Waals surface area contributed by atoms with Gasteiger partial charge in [0.2, 0.25) is 0 Å². The van der Waals surface area contributed by atoms with Gasteiger partial charge in [-0.25, -0.2) is 0 Å². The Hall–Kier alpha value is -1.04. The van der Waals surface area contributed by atoms with Gasteiger partial charge in [0, 0.05) is 18.2 Å². The van der Waals surface area contributed by atoms with Crippen molar-refractivity contribution in [1.82, 2.24) is 5.32 Å². The molecule has 1 saturated heterocycles. The number of anilines is 1. The standard InChI is InChI=1S/C12H15Cl2N3O2/c13-10-6-9(17(18)19)7-11(14)12(10)16-8-2-1-4-15-5-3-8/h6-8,15-16H,1-5H2. The topological polar surface area (TPSA) is 67.2 Å². The maximum atomic E-state index is 10.7. The number of benzene rings is 1. The van der Waals surface area contributed by atoms with E-state index in [0.717, 1.165) is 32.4 Å². The molecule has 0 aromatic heterocycles. The maximum absolute atomic E-state index is 10.7. The lowest BCUT2D eigenvalue weighted by Gasteiger charge is -2.19. The molecule has 0 bridgehead atoms. The quantitative estimate of drug-likeness (QED) is 0.663. The van der Waals surface area contributed by atoms with Crippen LogP contribution in [0, 0.1) is 10.1 Å². The third-order valence-electron chi connectivity index (χ3n) is 3.16. The monoisotopic (exact) mass is 303 g/mol. The molecule has 104 valence electrons. The van der Waals surface area contributed by atoms with Gasteiger partial charge in [-0.15, -0.1) is 0 Å². The third kappa shape index (κ3) is 3.72. The number of hydrogen-bond donors (Lipinski definition) is 2. The molecule has 1 aliphatic heterocycles. The summed E-state index contributed by atoms with van der Waals surface area (Å²) in [5, 5.41) is 17.9. The molecule has 2 rings (SSSR count). The van der Waals surface area contributed by atoms with Crippen molar-refractivity contribution in [2.75, 3.05) is 18.4 Å². The highest BCUT2D eigenvalue weighted by Crippen LogP contribution is 2.35. The van der Waals surface area contributed by atoms with Crippen LogP contribution in [0.15, 0.2) is 12.1 Å². The molecule has 1 aromatic carbocycles. The van der Waals surface area contributed by atoms with Crippen molar-refractivity contribution in [3.63, 3.8) is 0 Å². The Morgan fingerprint density at radius 1 is 1.26 bits per heavy atom. The second kappa shape index (κ2) is 6.41. The Kier molecular flexibility index (Phi) is 4.85. The van der Waals surface area contributed by atoms with E-state index in [4.69, 9.17) is 23.2 Å². The van der Waals surface area contributed by atoms with E-state index >= 15 is 0 Å². The lowest BCUT2D eigenvalue weighted by Crippen LogP contribution is -2.21. The Morgan fingerprint density at radius 3 is 2.58 bits per heavy atom. The minimum absolute atomic E-state index is 0.0944. The fraction of sp³-hybridized carbons (Fsp3) is 0.500. The van der Waals surface area contributed by atoms with Gasteiger partial charge < -0.3 is 10.6 Å². The van der Waals surface area contributed by atoms with Crippen LogP contribution in [0.25, 0.3) is 0 Å². The zero-order valence-electron chi connectivity index (χ0n) is 10.3. The number of rotatable bonds is 3. The molecule has 0 radical (unpaired) electrons. The molecule has 1 heterocycles. The summed E-state index contributed by atoms with van der Waals surface area (Å²) in [6.07, 6.45) is 3.08. The number of nitrogens with zero attached hydrogens (tertiary/aromatic N) is 1. The van der Waals surface area contributed by atoms with Gasteiger partial charge in [-0.1, -0.05) is 23.2 Å². The van der Waals surface area contributed by atoms with Crippen LogP contribution in [0.4, 0.5) is 11.4 Å². The molecule has 7 heteroatoms. The highest BCUT2D eigenvalue weighted by atomic mass is 35.5. The van der Waals surface area contributed by atoms with Crippen molar-refractivity contribution < 1.29 is 4.92 Å². The first-order valence-corrected chi connectivity index (χ1v) is 6.94. The molecule has 0 saturated carbocycles. The second-order valence-electron chi connectivity index (χ2n) is 4.56. The predicted molar refractivity (Wildman–Crippen MR) is 77.2 cm³/mol. The normalized spacial score (nSPS) is 19.8. The highest BCUT2D eigenvalue weighted by molar-refractivity contribution is 6.39. The van der Waals surface area contributed by atoms with Gasteiger partial charge in [-0.05, 0) is 32.4 Å². The Morgan fingerprint density at radius 2 is 1.95 bits per heavy atom. The largest absolute Gasteiger partial charge is 0.380 e. The van der Waals surface area contributed by atoms with E-state index in [1.54, 1.807) is 0 Å². The first kappa shape index (κ1) is 14.4. The van der Waals surface area contributed by atoms with Crippen molar-refractivity contribution in [3.05, 3.63) is 32.3 Å². The fourth-order valence-corrected chi connectivity index (χ4v) is 2.76. The average Bonchev–Trinajstić information content (AvgIpc) is 2.61. The van der Waals surface area contributed by atoms with E-state index in [9.17, 15) is 10.1 Å². The molecule has 1 aliphatic rings. The van der Waals surface area contributed by atoms with Gasteiger partial charge >= 0.3 is 0 Å². The van der Waals surface area contributed by atoms with Gasteiger partial charge in [0.15, 0.2) is 0 Å². The van der Waals surface area contributed by atoms with E-state index in [2.05, 4.69) is 10.6 Å². The molecule has 1 fully saturated rings. The molecule has 1 aromatic rings. The third-order valence-corrected chi connectivity index (χ3v) is 3.76. The maximum Gasteiger partial charge on any atom is 0.272 e. The second-order valence-corrected chi connectivity index (χ2v) is 5.38. The number of hydrogen-bond acceptors (Lipinski definition) is 4. The molecular weight excluding hydrogens is 289 g/mol. The van der Waals surface area contributed by atoms with E-state index < -0.39 is 4.92 Å². The summed E-state index contributed by atoms with van der Waals surface area (Å²) in [7, 11) is 0. The fourth-order valence-electron chi connectivity index (χ4n) is 2.17. The van der Waals surface area contributed by atoms with Crippen LogP contribution >= 0.6 is 23.2 Å². The van der Waals surface area contributed by atoms with Gasteiger partial charge in [0.25, 0.3) is 5.69 Å². The summed E-state index contributed by atoms with van der Waals surface area (Å²) >= 11 is 12.1. The Balaban J connectivity index is 2.17. The van der Waals surface area contributed by atoms with Crippen LogP contribution in [-0.4, -0.2) is 24.1 Å². The predicted octanol–water partition coefficient (Wildman–Crippen LogP) is 3.46. The molecule has 19 heavy (non-hydrogen) atoms. The van der Waals surface area contributed by atoms with Crippen molar-refractivity contribution in [3.8, 4) is 0 Å². The van der Waals surface area contributed by atoms with Crippen LogP contribution in [-0.2, 0) is 0 Å². The average molecular weight is 304 g/mol. The molecule has 1 unspecified atom stereocenters. The van der Waals surface area contributed by atoms with Crippen molar-refractivity contribution in [2.45, 2.75) is 25.3 Å². The number of nitro benzene ring substituents is 1. The van der Waals surface area contributed by atoms with Crippen LogP contribution in [0.2, 0.25) is 10.0 Å². The summed E-state index contributed by atoms with van der Waals surface area (Å²) in [6.45, 7) is 1.96. The number of nitrogens with one attached hydrogen (secondary N) is 2. The summed E-state index contributed by atoms with van der Waals surface area (Å²) in [6, 6.07) is 2.93. The SMILES string of the molecule is O=[N+]([O-])c1cc(Cl)c(NC2CCCNCC2)c(Cl)c1. The summed E-state index contributed by atoms with van der Waals surface area (Å²) in [4.78, 5) is 10.2. The van der Waals surface area contributed by atoms with Crippen LogP contribution in [0.5, 0.6) is 0 Å². The van der Waals surface area contributed by atoms with E-state index in [1.165, 1.54) is 12.1 Å². The molecule has 5 nitrogen and oxygen atoms in total. The Labute approximate surface area is 121 Å². The highest BCUT2D eigenvalue weighted by Gasteiger charge is 2.18. The summed E-state index contributed by atoms with van der Waals surface area (Å²) < 4.78 is 0. The first-order valence-electron chi connectivity index (χ1n) is 6.18. The molecule has 0 aliphatic carbocycles. The van der Waals surface area contributed by atoms with Crippen LogP contribution < -0.4 is 10.6 Å². The molecule has 0 spiro atoms. The smallest absolute Gasteiger partial charge is 0.272 e. The molecule has 2 N–H and O–H groups in total. The van der Waals surface area contributed by atoms with Crippen LogP contribution in [0.1, 0.15) is 19.3 Å². The minimum atomic E-state index is -0.503. The lowest BCUT2D eigenvalue weighted by atomic mass is 10.1. The van der Waals surface area contributed by atoms with Gasteiger partial charge in [-0.2, -0.15) is 0 Å². The van der Waals surface area contributed by atoms with Crippen molar-refractivity contribution >= 4 is 34.6 Å². The number of halogens is 2.